The Labute approximate surface area is 253 Å². The van der Waals surface area contributed by atoms with Gasteiger partial charge in [-0.25, -0.2) is 4.98 Å². The van der Waals surface area contributed by atoms with Crippen molar-refractivity contribution in [1.82, 2.24) is 19.7 Å². The molecular weight excluding hydrogens is 558 g/mol. The molecule has 228 valence electrons. The van der Waals surface area contributed by atoms with Crippen LogP contribution in [-0.2, 0) is 19.1 Å². The van der Waals surface area contributed by atoms with E-state index in [1.165, 1.54) is 23.8 Å². The van der Waals surface area contributed by atoms with Gasteiger partial charge in [-0.1, -0.05) is 31.3 Å². The lowest BCUT2D eigenvalue weighted by molar-refractivity contribution is -0.143. The van der Waals surface area contributed by atoms with E-state index in [1.807, 2.05) is 11.1 Å². The number of ether oxygens (including phenoxy) is 1. The maximum atomic E-state index is 13.7. The number of methoxy groups -OCH3 is 1. The molecule has 0 bridgehead atoms. The summed E-state index contributed by atoms with van der Waals surface area (Å²) < 4.78 is 6.89. The van der Waals surface area contributed by atoms with E-state index in [-0.39, 0.29) is 40.9 Å². The normalized spacial score (nSPS) is 29.2. The fourth-order valence-electron chi connectivity index (χ4n) is 6.66. The van der Waals surface area contributed by atoms with Crippen LogP contribution in [0.5, 0.6) is 0 Å². The Balaban J connectivity index is 1.34. The van der Waals surface area contributed by atoms with Gasteiger partial charge in [0.1, 0.15) is 0 Å². The number of thioether (sulfide) groups is 1. The van der Waals surface area contributed by atoms with Gasteiger partial charge in [0, 0.05) is 51.0 Å². The van der Waals surface area contributed by atoms with Crippen LogP contribution in [0.4, 0.5) is 5.13 Å². The van der Waals surface area contributed by atoms with Crippen molar-refractivity contribution in [1.29, 1.82) is 0 Å². The van der Waals surface area contributed by atoms with E-state index in [0.29, 0.717) is 43.1 Å². The largest absolute Gasteiger partial charge is 0.381 e. The van der Waals surface area contributed by atoms with Crippen molar-refractivity contribution in [3.8, 4) is 0 Å². The molecule has 1 aliphatic heterocycles. The van der Waals surface area contributed by atoms with Gasteiger partial charge in [0.25, 0.3) is 0 Å². The van der Waals surface area contributed by atoms with Gasteiger partial charge < -0.3 is 24.8 Å². The Morgan fingerprint density at radius 3 is 2.63 bits per heavy atom. The van der Waals surface area contributed by atoms with Gasteiger partial charge in [-0.3, -0.25) is 14.4 Å². The van der Waals surface area contributed by atoms with E-state index in [9.17, 15) is 14.4 Å². The summed E-state index contributed by atoms with van der Waals surface area (Å²) in [6.07, 6.45) is 9.55. The lowest BCUT2D eigenvalue weighted by Gasteiger charge is -2.40. The molecule has 1 saturated heterocycles. The third-order valence-corrected chi connectivity index (χ3v) is 11.4. The topological polar surface area (TPSA) is 95.1 Å². The molecule has 0 radical (unpaired) electrons. The molecule has 11 heteroatoms. The average Bonchev–Trinajstić information content (AvgIpc) is 3.24. The van der Waals surface area contributed by atoms with Gasteiger partial charge in [-0.15, -0.1) is 11.8 Å². The smallest absolute Gasteiger partial charge is 0.246 e. The van der Waals surface area contributed by atoms with Crippen molar-refractivity contribution in [2.24, 2.45) is 23.7 Å². The number of carbonyl (C=O) groups excluding carboxylic acids is 3. The van der Waals surface area contributed by atoms with E-state index in [2.05, 4.69) is 42.8 Å². The number of nitrogens with one attached hydrogen (secondary N) is 1. The van der Waals surface area contributed by atoms with Gasteiger partial charge in [-0.2, -0.15) is 0 Å². The molecule has 3 aliphatic rings. The van der Waals surface area contributed by atoms with Crippen LogP contribution in [0.15, 0.2) is 23.1 Å². The molecule has 4 rings (SSSR count). The zero-order valence-electron chi connectivity index (χ0n) is 25.0. The van der Waals surface area contributed by atoms with E-state index in [0.717, 1.165) is 49.3 Å². The van der Waals surface area contributed by atoms with Crippen LogP contribution in [0.3, 0.4) is 0 Å². The number of thiazole rings is 1. The standard InChI is InChI=1S/C30H47N5O4S2/c1-6-26(36)34-11-8-12-35(14-13-34)29(38)23-17-25(20(2)15-24(23)39-5)40-27-18-31-30(41-27)32-28(37)22-10-7-9-21(16-22)19-33(3)4/h6,18,20-25H,1,7-17,19H2,2-5H3,(H,31,32,37). The predicted molar refractivity (Wildman–Crippen MR) is 165 cm³/mol. The van der Waals surface area contributed by atoms with Crippen molar-refractivity contribution in [3.63, 3.8) is 0 Å². The SMILES string of the molecule is C=CC(=O)N1CCCN(C(=O)C2CC(Sc3cnc(NC(=O)C4CCCC(CN(C)C)C4)s3)C(C)CC2OC)CC1. The lowest BCUT2D eigenvalue weighted by atomic mass is 9.79. The molecule has 9 nitrogen and oxygen atoms in total. The summed E-state index contributed by atoms with van der Waals surface area (Å²) in [5.74, 6) is 0.900. The van der Waals surface area contributed by atoms with E-state index in [1.54, 1.807) is 23.8 Å². The van der Waals surface area contributed by atoms with Crippen LogP contribution >= 0.6 is 23.1 Å². The number of amides is 3. The molecule has 6 unspecified atom stereocenters. The summed E-state index contributed by atoms with van der Waals surface area (Å²) in [5, 5.41) is 3.99. The highest BCUT2D eigenvalue weighted by atomic mass is 32.2. The second kappa shape index (κ2) is 15.0. The summed E-state index contributed by atoms with van der Waals surface area (Å²) in [5.41, 5.74) is 0. The van der Waals surface area contributed by atoms with Gasteiger partial charge in [-0.05, 0) is 70.5 Å². The number of hydrogen-bond donors (Lipinski definition) is 1. The Morgan fingerprint density at radius 2 is 1.90 bits per heavy atom. The maximum Gasteiger partial charge on any atom is 0.246 e. The molecule has 1 N–H and O–H groups in total. The molecule has 1 aromatic heterocycles. The fourth-order valence-corrected chi connectivity index (χ4v) is 9.07. The van der Waals surface area contributed by atoms with Crippen LogP contribution in [0.1, 0.15) is 51.9 Å². The average molecular weight is 606 g/mol. The lowest BCUT2D eigenvalue weighted by Crippen LogP contribution is -2.48. The first kappa shape index (κ1) is 32.0. The van der Waals surface area contributed by atoms with Crippen LogP contribution in [0, 0.1) is 23.7 Å². The molecule has 1 aromatic rings. The molecule has 0 aromatic carbocycles. The van der Waals surface area contributed by atoms with E-state index in [4.69, 9.17) is 4.74 Å². The van der Waals surface area contributed by atoms with Crippen molar-refractivity contribution in [2.75, 3.05) is 59.2 Å². The van der Waals surface area contributed by atoms with Crippen LogP contribution < -0.4 is 5.32 Å². The second-order valence-electron chi connectivity index (χ2n) is 12.2. The zero-order chi connectivity index (χ0) is 29.5. The van der Waals surface area contributed by atoms with Crippen molar-refractivity contribution in [3.05, 3.63) is 18.9 Å². The maximum absolute atomic E-state index is 13.7. The summed E-state index contributed by atoms with van der Waals surface area (Å²) >= 11 is 3.29. The molecule has 3 amide bonds. The van der Waals surface area contributed by atoms with Crippen LogP contribution in [0.25, 0.3) is 0 Å². The Kier molecular flexibility index (Phi) is 11.7. The number of carbonyl (C=O) groups is 3. The van der Waals surface area contributed by atoms with E-state index >= 15 is 0 Å². The third kappa shape index (κ3) is 8.55. The Morgan fingerprint density at radius 1 is 1.15 bits per heavy atom. The first-order valence-electron chi connectivity index (χ1n) is 15.0. The van der Waals surface area contributed by atoms with Crippen molar-refractivity contribution < 1.29 is 19.1 Å². The quantitative estimate of drug-likeness (QED) is 0.421. The number of hydrogen-bond acceptors (Lipinski definition) is 8. The fraction of sp³-hybridized carbons (Fsp3) is 0.733. The third-order valence-electron chi connectivity index (χ3n) is 8.85. The Bertz CT molecular complexity index is 1070. The van der Waals surface area contributed by atoms with Crippen LogP contribution in [0.2, 0.25) is 0 Å². The molecule has 6 atom stereocenters. The molecule has 41 heavy (non-hydrogen) atoms. The van der Waals surface area contributed by atoms with Gasteiger partial charge in [0.15, 0.2) is 5.13 Å². The second-order valence-corrected chi connectivity index (χ2v) is 14.7. The van der Waals surface area contributed by atoms with Crippen molar-refractivity contribution >= 4 is 46.0 Å². The van der Waals surface area contributed by atoms with Gasteiger partial charge in [0.2, 0.25) is 17.7 Å². The Hall–Kier alpha value is -1.95. The van der Waals surface area contributed by atoms with E-state index < -0.39 is 0 Å². The highest BCUT2D eigenvalue weighted by Crippen LogP contribution is 2.43. The molecular formula is C30H47N5O4S2. The summed E-state index contributed by atoms with van der Waals surface area (Å²) in [6.45, 7) is 9.21. The molecule has 0 spiro atoms. The summed E-state index contributed by atoms with van der Waals surface area (Å²) in [7, 11) is 5.88. The number of rotatable bonds is 9. The number of anilines is 1. The monoisotopic (exact) mass is 605 g/mol. The molecule has 2 saturated carbocycles. The highest BCUT2D eigenvalue weighted by Gasteiger charge is 2.41. The minimum Gasteiger partial charge on any atom is -0.381 e. The van der Waals surface area contributed by atoms with Crippen molar-refractivity contribution in [2.45, 2.75) is 67.4 Å². The predicted octanol–water partition coefficient (Wildman–Crippen LogP) is 4.22. The summed E-state index contributed by atoms with van der Waals surface area (Å²) in [6, 6.07) is 0. The molecule has 2 aliphatic carbocycles. The first-order chi connectivity index (χ1) is 19.7. The first-order valence-corrected chi connectivity index (χ1v) is 16.7. The minimum absolute atomic E-state index is 0.0470. The highest BCUT2D eigenvalue weighted by molar-refractivity contribution is 8.01. The minimum atomic E-state index is -0.219. The number of aromatic nitrogens is 1. The zero-order valence-corrected chi connectivity index (χ0v) is 26.7. The van der Waals surface area contributed by atoms with Crippen LogP contribution in [-0.4, -0.2) is 103 Å². The van der Waals surface area contributed by atoms with Gasteiger partial charge in [0.05, 0.1) is 22.4 Å². The summed E-state index contributed by atoms with van der Waals surface area (Å²) in [4.78, 5) is 49.3. The molecule has 2 heterocycles. The molecule has 3 fully saturated rings. The number of nitrogens with zero attached hydrogens (tertiary/aromatic N) is 4. The van der Waals surface area contributed by atoms with Gasteiger partial charge >= 0.3 is 0 Å².